The van der Waals surface area contributed by atoms with Crippen LogP contribution in [0.5, 0.6) is 5.75 Å². The second-order valence-corrected chi connectivity index (χ2v) is 6.28. The van der Waals surface area contributed by atoms with Crippen molar-refractivity contribution in [3.63, 3.8) is 0 Å². The first-order chi connectivity index (χ1) is 9.89. The minimum atomic E-state index is -0.352. The van der Waals surface area contributed by atoms with Gasteiger partial charge in [-0.05, 0) is 44.9 Å². The Morgan fingerprint density at radius 1 is 1.29 bits per heavy atom. The van der Waals surface area contributed by atoms with Gasteiger partial charge in [0, 0.05) is 18.6 Å². The van der Waals surface area contributed by atoms with Gasteiger partial charge in [-0.15, -0.1) is 0 Å². The first-order valence-electron chi connectivity index (χ1n) is 7.09. The lowest BCUT2D eigenvalue weighted by molar-refractivity contribution is 0.0511. The summed E-state index contributed by atoms with van der Waals surface area (Å²) in [6, 6.07) is 7.80. The van der Waals surface area contributed by atoms with E-state index in [0.717, 1.165) is 17.7 Å². The van der Waals surface area contributed by atoms with Crippen molar-refractivity contribution >= 4 is 6.09 Å². The number of rotatable bonds is 5. The third-order valence-electron chi connectivity index (χ3n) is 3.12. The molecule has 0 aliphatic heterocycles. The Balaban J connectivity index is 1.81. The minimum absolute atomic E-state index is 0.0295. The summed E-state index contributed by atoms with van der Waals surface area (Å²) in [6.45, 7) is 6.02. The molecule has 0 radical (unpaired) electrons. The molecule has 1 fully saturated rings. The predicted octanol–water partition coefficient (Wildman–Crippen LogP) is 3.05. The summed E-state index contributed by atoms with van der Waals surface area (Å²) in [5, 5.41) is 2.80. The Hall–Kier alpha value is -1.75. The largest absolute Gasteiger partial charge is 0.468 e. The van der Waals surface area contributed by atoms with E-state index in [-0.39, 0.29) is 30.4 Å². The Morgan fingerprint density at radius 2 is 1.95 bits per heavy atom. The topological polar surface area (TPSA) is 56.8 Å². The summed E-state index contributed by atoms with van der Waals surface area (Å²) < 4.78 is 15.6. The highest BCUT2D eigenvalue weighted by Gasteiger charge is 2.42. The van der Waals surface area contributed by atoms with Gasteiger partial charge in [0.1, 0.15) is 11.9 Å². The molecule has 0 spiro atoms. The number of amides is 1. The summed E-state index contributed by atoms with van der Waals surface area (Å²) in [5.74, 6) is 1.05. The lowest BCUT2D eigenvalue weighted by Gasteiger charge is -2.20. The van der Waals surface area contributed by atoms with E-state index in [9.17, 15) is 4.79 Å². The van der Waals surface area contributed by atoms with E-state index in [2.05, 4.69) is 5.32 Å². The average molecular weight is 293 g/mol. The summed E-state index contributed by atoms with van der Waals surface area (Å²) in [6.07, 6.45) is 0.490. The summed E-state index contributed by atoms with van der Waals surface area (Å²) in [5.41, 5.74) is 0.885. The van der Waals surface area contributed by atoms with Crippen LogP contribution in [0.1, 0.15) is 38.7 Å². The maximum Gasteiger partial charge on any atom is 0.407 e. The number of hydrogen-bond acceptors (Lipinski definition) is 4. The second-order valence-electron chi connectivity index (χ2n) is 6.28. The summed E-state index contributed by atoms with van der Waals surface area (Å²) >= 11 is 0. The smallest absolute Gasteiger partial charge is 0.407 e. The number of alkyl carbamates (subject to hydrolysis) is 1. The fourth-order valence-electron chi connectivity index (χ4n) is 2.06. The molecule has 1 saturated carbocycles. The van der Waals surface area contributed by atoms with E-state index in [1.54, 1.807) is 7.11 Å². The van der Waals surface area contributed by atoms with Gasteiger partial charge in [-0.3, -0.25) is 0 Å². The molecule has 0 saturated heterocycles. The molecule has 1 aromatic carbocycles. The van der Waals surface area contributed by atoms with Gasteiger partial charge >= 0.3 is 6.09 Å². The second kappa shape index (κ2) is 6.35. The molecular weight excluding hydrogens is 270 g/mol. The van der Waals surface area contributed by atoms with E-state index in [0.29, 0.717) is 0 Å². The third-order valence-corrected chi connectivity index (χ3v) is 3.12. The van der Waals surface area contributed by atoms with E-state index < -0.39 is 0 Å². The molecular formula is C16H23NO4. The zero-order valence-corrected chi connectivity index (χ0v) is 13.0. The Kier molecular flexibility index (Phi) is 4.73. The SMILES string of the molecule is COCOc1ccc([C@@H]2C[C@H]2OC(=O)NC(C)(C)C)cc1. The fourth-order valence-corrected chi connectivity index (χ4v) is 2.06. The highest BCUT2D eigenvalue weighted by atomic mass is 16.7. The molecule has 1 aromatic rings. The molecule has 0 heterocycles. The lowest BCUT2D eigenvalue weighted by atomic mass is 10.1. The number of methoxy groups -OCH3 is 1. The van der Waals surface area contributed by atoms with E-state index in [1.807, 2.05) is 45.0 Å². The lowest BCUT2D eigenvalue weighted by Crippen LogP contribution is -2.41. The molecule has 116 valence electrons. The van der Waals surface area contributed by atoms with Gasteiger partial charge < -0.3 is 19.5 Å². The van der Waals surface area contributed by atoms with E-state index in [4.69, 9.17) is 14.2 Å². The van der Waals surface area contributed by atoms with Crippen molar-refractivity contribution in [3.05, 3.63) is 29.8 Å². The molecule has 1 aliphatic carbocycles. The van der Waals surface area contributed by atoms with Gasteiger partial charge in [-0.2, -0.15) is 0 Å². The molecule has 2 atom stereocenters. The Bertz CT molecular complexity index is 478. The predicted molar refractivity (Wildman–Crippen MR) is 79.5 cm³/mol. The van der Waals surface area contributed by atoms with Crippen LogP contribution in [0.4, 0.5) is 4.79 Å². The van der Waals surface area contributed by atoms with Gasteiger partial charge in [-0.25, -0.2) is 4.79 Å². The van der Waals surface area contributed by atoms with Crippen LogP contribution in [-0.4, -0.2) is 31.6 Å². The minimum Gasteiger partial charge on any atom is -0.468 e. The first-order valence-corrected chi connectivity index (χ1v) is 7.09. The fraction of sp³-hybridized carbons (Fsp3) is 0.562. The van der Waals surface area contributed by atoms with Crippen LogP contribution < -0.4 is 10.1 Å². The zero-order valence-electron chi connectivity index (χ0n) is 13.0. The van der Waals surface area contributed by atoms with Crippen LogP contribution >= 0.6 is 0 Å². The summed E-state index contributed by atoms with van der Waals surface area (Å²) in [7, 11) is 1.59. The van der Waals surface area contributed by atoms with Crippen molar-refractivity contribution in [2.45, 2.75) is 44.8 Å². The van der Waals surface area contributed by atoms with Crippen molar-refractivity contribution in [1.29, 1.82) is 0 Å². The van der Waals surface area contributed by atoms with Crippen molar-refractivity contribution in [2.24, 2.45) is 0 Å². The van der Waals surface area contributed by atoms with E-state index in [1.165, 1.54) is 0 Å². The molecule has 0 aromatic heterocycles. The standard InChI is InChI=1S/C16H23NO4/c1-16(2,3)17-15(18)21-14-9-13(14)11-5-7-12(8-6-11)20-10-19-4/h5-8,13-14H,9-10H2,1-4H3,(H,17,18)/t13-,14+/m0/s1. The normalized spacial score (nSPS) is 20.8. The molecule has 5 nitrogen and oxygen atoms in total. The number of carbonyl (C=O) groups is 1. The average Bonchev–Trinajstić information content (AvgIpc) is 3.13. The number of nitrogens with one attached hydrogen (secondary N) is 1. The molecule has 0 bridgehead atoms. The van der Waals surface area contributed by atoms with Gasteiger partial charge in [0.25, 0.3) is 0 Å². The quantitative estimate of drug-likeness (QED) is 0.848. The van der Waals surface area contributed by atoms with Gasteiger partial charge in [0.05, 0.1) is 0 Å². The molecule has 21 heavy (non-hydrogen) atoms. The third kappa shape index (κ3) is 4.93. The van der Waals surface area contributed by atoms with Crippen LogP contribution in [0.2, 0.25) is 0 Å². The number of hydrogen-bond donors (Lipinski definition) is 1. The van der Waals surface area contributed by atoms with Crippen molar-refractivity contribution in [3.8, 4) is 5.75 Å². The molecule has 1 N–H and O–H groups in total. The van der Waals surface area contributed by atoms with Crippen LogP contribution in [0, 0.1) is 0 Å². The molecule has 1 amide bonds. The highest BCUT2D eigenvalue weighted by Crippen LogP contribution is 2.43. The maximum absolute atomic E-state index is 11.7. The van der Waals surface area contributed by atoms with Crippen LogP contribution in [0.25, 0.3) is 0 Å². The van der Waals surface area contributed by atoms with Crippen molar-refractivity contribution < 1.29 is 19.0 Å². The van der Waals surface area contributed by atoms with E-state index >= 15 is 0 Å². The molecule has 0 unspecified atom stereocenters. The number of carbonyl (C=O) groups excluding carboxylic acids is 1. The maximum atomic E-state index is 11.7. The van der Waals surface area contributed by atoms with Gasteiger partial charge in [-0.1, -0.05) is 12.1 Å². The molecule has 1 aliphatic rings. The van der Waals surface area contributed by atoms with Crippen LogP contribution in [0.15, 0.2) is 24.3 Å². The van der Waals surface area contributed by atoms with Crippen molar-refractivity contribution in [1.82, 2.24) is 5.32 Å². The Labute approximate surface area is 125 Å². The Morgan fingerprint density at radius 3 is 2.52 bits per heavy atom. The number of ether oxygens (including phenoxy) is 3. The molecule has 5 heteroatoms. The monoisotopic (exact) mass is 293 g/mol. The summed E-state index contributed by atoms with van der Waals surface area (Å²) in [4.78, 5) is 11.7. The van der Waals surface area contributed by atoms with Crippen molar-refractivity contribution in [2.75, 3.05) is 13.9 Å². The first kappa shape index (κ1) is 15.6. The van der Waals surface area contributed by atoms with Gasteiger partial charge in [0.15, 0.2) is 6.79 Å². The van der Waals surface area contributed by atoms with Crippen LogP contribution in [0.3, 0.4) is 0 Å². The highest BCUT2D eigenvalue weighted by molar-refractivity contribution is 5.68. The van der Waals surface area contributed by atoms with Gasteiger partial charge in [0.2, 0.25) is 0 Å². The molecule has 2 rings (SSSR count). The zero-order chi connectivity index (χ0) is 15.5. The van der Waals surface area contributed by atoms with Crippen LogP contribution in [-0.2, 0) is 9.47 Å². The number of benzene rings is 1.